The van der Waals surface area contributed by atoms with E-state index >= 15 is 0 Å². The van der Waals surface area contributed by atoms with Gasteiger partial charge in [0.05, 0.1) is 16.5 Å². The van der Waals surface area contributed by atoms with Gasteiger partial charge in [-0.1, -0.05) is 41.9 Å². The number of benzene rings is 2. The summed E-state index contributed by atoms with van der Waals surface area (Å²) in [6, 6.07) is 17.3. The van der Waals surface area contributed by atoms with Crippen molar-refractivity contribution in [3.8, 4) is 11.3 Å². The van der Waals surface area contributed by atoms with Crippen LogP contribution in [0.15, 0.2) is 65.7 Å². The van der Waals surface area contributed by atoms with Crippen molar-refractivity contribution in [3.05, 3.63) is 65.8 Å². The summed E-state index contributed by atoms with van der Waals surface area (Å²) in [5.41, 5.74) is 2.91. The third-order valence-corrected chi connectivity index (χ3v) is 5.44. The molecule has 0 fully saturated rings. The molecule has 4 rings (SSSR count). The van der Waals surface area contributed by atoms with Gasteiger partial charge in [0.25, 0.3) is 0 Å². The van der Waals surface area contributed by atoms with Crippen LogP contribution in [-0.2, 0) is 4.79 Å². The highest BCUT2D eigenvalue weighted by Gasteiger charge is 2.11. The minimum atomic E-state index is -0.133. The summed E-state index contributed by atoms with van der Waals surface area (Å²) < 4.78 is 0. The van der Waals surface area contributed by atoms with Crippen molar-refractivity contribution in [2.45, 2.75) is 4.90 Å². The van der Waals surface area contributed by atoms with Crippen molar-refractivity contribution in [1.29, 1.82) is 0 Å². The van der Waals surface area contributed by atoms with Crippen molar-refractivity contribution in [2.75, 3.05) is 11.1 Å². The molecule has 7 heteroatoms. The lowest BCUT2D eigenvalue weighted by Gasteiger charge is -2.03. The summed E-state index contributed by atoms with van der Waals surface area (Å²) >= 11 is 7.50. The Bertz CT molecular complexity index is 1070. The van der Waals surface area contributed by atoms with Crippen LogP contribution in [0, 0.1) is 0 Å². The number of H-pyrrole nitrogens is 2. The van der Waals surface area contributed by atoms with Gasteiger partial charge in [-0.15, -0.1) is 11.8 Å². The highest BCUT2D eigenvalue weighted by Crippen LogP contribution is 2.29. The number of para-hydroxylation sites is 1. The molecule has 0 aliphatic carbocycles. The molecule has 3 N–H and O–H groups in total. The minimum Gasteiger partial charge on any atom is -0.360 e. The van der Waals surface area contributed by atoms with E-state index in [0.717, 1.165) is 27.1 Å². The zero-order valence-electron chi connectivity index (χ0n) is 13.6. The van der Waals surface area contributed by atoms with Gasteiger partial charge in [-0.3, -0.25) is 9.89 Å². The molecule has 2 heterocycles. The van der Waals surface area contributed by atoms with Gasteiger partial charge < -0.3 is 10.3 Å². The molecule has 26 heavy (non-hydrogen) atoms. The minimum absolute atomic E-state index is 0.133. The fraction of sp³-hybridized carbons (Fsp3) is 0.0526. The second kappa shape index (κ2) is 7.27. The summed E-state index contributed by atoms with van der Waals surface area (Å²) in [5, 5.41) is 11.7. The third-order valence-electron chi connectivity index (χ3n) is 3.92. The molecule has 2 aromatic carbocycles. The average molecular weight is 383 g/mol. The van der Waals surface area contributed by atoms with Gasteiger partial charge in [-0.05, 0) is 18.2 Å². The topological polar surface area (TPSA) is 73.6 Å². The molecule has 0 atom stereocenters. The molecule has 2 aromatic heterocycles. The smallest absolute Gasteiger partial charge is 0.235 e. The van der Waals surface area contributed by atoms with Crippen LogP contribution >= 0.6 is 23.4 Å². The zero-order chi connectivity index (χ0) is 17.9. The van der Waals surface area contributed by atoms with Crippen LogP contribution in [0.2, 0.25) is 5.02 Å². The number of anilines is 1. The Balaban J connectivity index is 1.43. The molecule has 0 saturated heterocycles. The van der Waals surface area contributed by atoms with E-state index in [-0.39, 0.29) is 11.7 Å². The molecule has 0 radical (unpaired) electrons. The lowest BCUT2D eigenvalue weighted by Crippen LogP contribution is -2.14. The molecule has 0 saturated carbocycles. The largest absolute Gasteiger partial charge is 0.360 e. The lowest BCUT2D eigenvalue weighted by molar-refractivity contribution is -0.113. The Morgan fingerprint density at radius 1 is 1.15 bits per heavy atom. The van der Waals surface area contributed by atoms with Crippen LogP contribution < -0.4 is 5.32 Å². The van der Waals surface area contributed by atoms with Crippen LogP contribution in [-0.4, -0.2) is 26.8 Å². The molecule has 0 aliphatic heterocycles. The maximum atomic E-state index is 12.2. The first-order chi connectivity index (χ1) is 12.7. The SMILES string of the molecule is O=C(CSc1ccccc1Cl)Nc1cc(-c2c[nH]c3ccccc23)[nH]n1. The van der Waals surface area contributed by atoms with Crippen molar-refractivity contribution in [2.24, 2.45) is 0 Å². The second-order valence-corrected chi connectivity index (χ2v) is 7.11. The molecule has 130 valence electrons. The van der Waals surface area contributed by atoms with Crippen LogP contribution in [0.5, 0.6) is 0 Å². The quantitative estimate of drug-likeness (QED) is 0.428. The predicted molar refractivity (Wildman–Crippen MR) is 107 cm³/mol. The molecule has 0 aliphatic rings. The predicted octanol–water partition coefficient (Wildman–Crippen LogP) is 4.94. The zero-order valence-corrected chi connectivity index (χ0v) is 15.2. The summed E-state index contributed by atoms with van der Waals surface area (Å²) in [4.78, 5) is 16.3. The van der Waals surface area contributed by atoms with Gasteiger partial charge in [0.1, 0.15) is 0 Å². The Kier molecular flexibility index (Phi) is 4.69. The van der Waals surface area contributed by atoms with E-state index in [2.05, 4.69) is 20.5 Å². The third kappa shape index (κ3) is 3.47. The van der Waals surface area contributed by atoms with Crippen molar-refractivity contribution in [3.63, 3.8) is 0 Å². The van der Waals surface area contributed by atoms with E-state index in [1.165, 1.54) is 11.8 Å². The molecule has 1 amide bonds. The van der Waals surface area contributed by atoms with Gasteiger partial charge in [0, 0.05) is 33.6 Å². The Hall–Kier alpha value is -2.70. The average Bonchev–Trinajstić information content (AvgIpc) is 3.27. The van der Waals surface area contributed by atoms with Crippen molar-refractivity contribution in [1.82, 2.24) is 15.2 Å². The monoisotopic (exact) mass is 382 g/mol. The van der Waals surface area contributed by atoms with E-state index < -0.39 is 0 Å². The number of thioether (sulfide) groups is 1. The van der Waals surface area contributed by atoms with Gasteiger partial charge in [0.2, 0.25) is 5.91 Å². The highest BCUT2D eigenvalue weighted by molar-refractivity contribution is 8.00. The van der Waals surface area contributed by atoms with Crippen LogP contribution in [0.25, 0.3) is 22.2 Å². The summed E-state index contributed by atoms with van der Waals surface area (Å²) in [6.45, 7) is 0. The number of aromatic nitrogens is 3. The Labute approximate surface area is 159 Å². The molecular weight excluding hydrogens is 368 g/mol. The van der Waals surface area contributed by atoms with Crippen LogP contribution in [0.4, 0.5) is 5.82 Å². The number of hydrogen-bond donors (Lipinski definition) is 3. The molecule has 5 nitrogen and oxygen atoms in total. The van der Waals surface area contributed by atoms with Gasteiger partial charge in [0.15, 0.2) is 5.82 Å². The number of carbonyl (C=O) groups is 1. The number of carbonyl (C=O) groups excluding carboxylic acids is 1. The van der Waals surface area contributed by atoms with Gasteiger partial charge in [-0.2, -0.15) is 5.10 Å². The number of fused-ring (bicyclic) bond motifs is 1. The van der Waals surface area contributed by atoms with Gasteiger partial charge >= 0.3 is 0 Å². The maximum Gasteiger partial charge on any atom is 0.235 e. The molecule has 0 spiro atoms. The molecule has 0 bridgehead atoms. The van der Waals surface area contributed by atoms with Crippen molar-refractivity contribution < 1.29 is 4.79 Å². The van der Waals surface area contributed by atoms with E-state index in [1.807, 2.05) is 60.8 Å². The highest BCUT2D eigenvalue weighted by atomic mass is 35.5. The fourth-order valence-corrected chi connectivity index (χ4v) is 3.74. The van der Waals surface area contributed by atoms with Crippen LogP contribution in [0.3, 0.4) is 0 Å². The Morgan fingerprint density at radius 2 is 1.96 bits per heavy atom. The second-order valence-electron chi connectivity index (χ2n) is 5.68. The number of aromatic amines is 2. The first-order valence-electron chi connectivity index (χ1n) is 8.00. The van der Waals surface area contributed by atoms with E-state index in [1.54, 1.807) is 0 Å². The molecule has 4 aromatic rings. The fourth-order valence-electron chi connectivity index (χ4n) is 2.70. The maximum absolute atomic E-state index is 12.2. The summed E-state index contributed by atoms with van der Waals surface area (Å²) in [6.07, 6.45) is 1.93. The van der Waals surface area contributed by atoms with Crippen molar-refractivity contribution >= 4 is 46.0 Å². The van der Waals surface area contributed by atoms with E-state index in [0.29, 0.717) is 10.8 Å². The summed E-state index contributed by atoms with van der Waals surface area (Å²) in [5.74, 6) is 0.626. The number of nitrogens with zero attached hydrogens (tertiary/aromatic N) is 1. The number of hydrogen-bond acceptors (Lipinski definition) is 3. The lowest BCUT2D eigenvalue weighted by atomic mass is 10.1. The summed E-state index contributed by atoms with van der Waals surface area (Å²) in [7, 11) is 0. The van der Waals surface area contributed by atoms with E-state index in [9.17, 15) is 4.79 Å². The number of amides is 1. The number of rotatable bonds is 5. The standard InChI is InChI=1S/C19H15ClN4OS/c20-14-6-2-4-8-17(14)26-11-19(25)22-18-9-16(23-24-18)13-10-21-15-7-3-1-5-12(13)15/h1-10,21H,11H2,(H2,22,23,24,25). The normalized spacial score (nSPS) is 11.0. The Morgan fingerprint density at radius 3 is 2.85 bits per heavy atom. The molecular formula is C19H15ClN4OS. The number of nitrogens with one attached hydrogen (secondary N) is 3. The van der Waals surface area contributed by atoms with E-state index in [4.69, 9.17) is 11.6 Å². The van der Waals surface area contributed by atoms with Gasteiger partial charge in [-0.25, -0.2) is 0 Å². The number of halogens is 1. The van der Waals surface area contributed by atoms with Crippen LogP contribution in [0.1, 0.15) is 0 Å². The first-order valence-corrected chi connectivity index (χ1v) is 9.36. The first kappa shape index (κ1) is 16.8. The molecule has 0 unspecified atom stereocenters.